The minimum Gasteiger partial charge on any atom is -0.282 e. The zero-order chi connectivity index (χ0) is 14.9. The van der Waals surface area contributed by atoms with Crippen LogP contribution in [0.1, 0.15) is 29.5 Å². The van der Waals surface area contributed by atoms with Crippen LogP contribution >= 0.6 is 11.6 Å². The number of rotatable bonds is 3. The van der Waals surface area contributed by atoms with Gasteiger partial charge in [0.05, 0.1) is 4.90 Å². The fraction of sp³-hybridized carbons (Fsp3) is 0.200. The first-order valence-electron chi connectivity index (χ1n) is 6.12. The molecule has 0 spiro atoms. The van der Waals surface area contributed by atoms with E-state index in [1.54, 1.807) is 24.3 Å². The molecule has 0 saturated heterocycles. The molecule has 0 aliphatic rings. The maximum absolute atomic E-state index is 11.5. The Morgan fingerprint density at radius 1 is 1.10 bits per heavy atom. The number of halogens is 1. The zero-order valence-electron chi connectivity index (χ0n) is 11.2. The molecule has 20 heavy (non-hydrogen) atoms. The normalized spacial score (nSPS) is 13.2. The van der Waals surface area contributed by atoms with E-state index in [9.17, 15) is 13.0 Å². The van der Waals surface area contributed by atoms with E-state index in [0.717, 1.165) is 11.1 Å². The van der Waals surface area contributed by atoms with Crippen LogP contribution in [-0.2, 0) is 10.1 Å². The van der Waals surface area contributed by atoms with E-state index in [0.29, 0.717) is 10.6 Å². The van der Waals surface area contributed by atoms with Crippen LogP contribution in [0, 0.1) is 6.92 Å². The van der Waals surface area contributed by atoms with Gasteiger partial charge in [-0.2, -0.15) is 8.42 Å². The first-order chi connectivity index (χ1) is 9.29. The molecule has 0 aliphatic heterocycles. The van der Waals surface area contributed by atoms with Crippen molar-refractivity contribution < 1.29 is 13.0 Å². The van der Waals surface area contributed by atoms with Gasteiger partial charge in [-0.15, -0.1) is 0 Å². The van der Waals surface area contributed by atoms with Crippen molar-refractivity contribution in [1.29, 1.82) is 0 Å². The average molecular weight is 311 g/mol. The molecule has 0 aromatic heterocycles. The molecular weight excluding hydrogens is 296 g/mol. The maximum Gasteiger partial charge on any atom is 0.294 e. The molecule has 0 bridgehead atoms. The van der Waals surface area contributed by atoms with Gasteiger partial charge in [0, 0.05) is 10.9 Å². The fourth-order valence-corrected chi connectivity index (χ4v) is 3.07. The number of hydrogen-bond acceptors (Lipinski definition) is 2. The van der Waals surface area contributed by atoms with Crippen LogP contribution in [-0.4, -0.2) is 13.0 Å². The fourth-order valence-electron chi connectivity index (χ4n) is 2.17. The Morgan fingerprint density at radius 2 is 1.70 bits per heavy atom. The lowest BCUT2D eigenvalue weighted by Crippen LogP contribution is -2.07. The molecule has 1 N–H and O–H groups in total. The summed E-state index contributed by atoms with van der Waals surface area (Å²) >= 11 is 5.86. The maximum atomic E-state index is 11.5. The molecule has 0 aliphatic carbocycles. The van der Waals surface area contributed by atoms with Crippen LogP contribution in [0.5, 0.6) is 0 Å². The van der Waals surface area contributed by atoms with Crippen LogP contribution in [0.25, 0.3) is 0 Å². The van der Waals surface area contributed by atoms with Crippen molar-refractivity contribution >= 4 is 21.7 Å². The zero-order valence-corrected chi connectivity index (χ0v) is 12.7. The second-order valence-electron chi connectivity index (χ2n) is 4.79. The second-order valence-corrected chi connectivity index (χ2v) is 6.62. The highest BCUT2D eigenvalue weighted by Crippen LogP contribution is 2.30. The van der Waals surface area contributed by atoms with Gasteiger partial charge in [0.15, 0.2) is 0 Å². The van der Waals surface area contributed by atoms with Crippen molar-refractivity contribution in [1.82, 2.24) is 0 Å². The Morgan fingerprint density at radius 3 is 2.25 bits per heavy atom. The number of aryl methyl sites for hydroxylation is 1. The lowest BCUT2D eigenvalue weighted by Gasteiger charge is -2.16. The molecule has 106 valence electrons. The van der Waals surface area contributed by atoms with Gasteiger partial charge in [-0.05, 0) is 36.2 Å². The summed E-state index contributed by atoms with van der Waals surface area (Å²) in [5.41, 5.74) is 2.45. The molecule has 1 atom stereocenters. The van der Waals surface area contributed by atoms with Gasteiger partial charge in [0.1, 0.15) is 0 Å². The van der Waals surface area contributed by atoms with Gasteiger partial charge in [0.2, 0.25) is 0 Å². The topological polar surface area (TPSA) is 54.4 Å². The monoisotopic (exact) mass is 310 g/mol. The standard InChI is InChI=1S/C15H15ClO3S/c1-10-3-8-15(20(17,18)19)14(9-10)11(2)12-4-6-13(16)7-5-12/h3-9,11H,1-2H3,(H,17,18,19). The smallest absolute Gasteiger partial charge is 0.282 e. The van der Waals surface area contributed by atoms with Crippen molar-refractivity contribution in [3.63, 3.8) is 0 Å². The molecular formula is C15H15ClO3S. The van der Waals surface area contributed by atoms with E-state index in [2.05, 4.69) is 0 Å². The van der Waals surface area contributed by atoms with Gasteiger partial charge in [-0.3, -0.25) is 4.55 Å². The van der Waals surface area contributed by atoms with Crippen molar-refractivity contribution in [2.45, 2.75) is 24.7 Å². The minimum atomic E-state index is -4.24. The molecule has 2 aromatic rings. The molecule has 1 unspecified atom stereocenters. The van der Waals surface area contributed by atoms with Gasteiger partial charge >= 0.3 is 0 Å². The Balaban J connectivity index is 2.56. The van der Waals surface area contributed by atoms with Crippen LogP contribution in [0.2, 0.25) is 5.02 Å². The minimum absolute atomic E-state index is 0.0504. The summed E-state index contributed by atoms with van der Waals surface area (Å²) in [6.45, 7) is 3.78. The second kappa shape index (κ2) is 5.56. The summed E-state index contributed by atoms with van der Waals surface area (Å²) in [5, 5.41) is 0.625. The SMILES string of the molecule is Cc1ccc(S(=O)(=O)O)c(C(C)c2ccc(Cl)cc2)c1. The van der Waals surface area contributed by atoms with E-state index in [-0.39, 0.29) is 10.8 Å². The van der Waals surface area contributed by atoms with E-state index >= 15 is 0 Å². The lowest BCUT2D eigenvalue weighted by molar-refractivity contribution is 0.481. The van der Waals surface area contributed by atoms with Crippen LogP contribution in [0.3, 0.4) is 0 Å². The largest absolute Gasteiger partial charge is 0.294 e. The van der Waals surface area contributed by atoms with E-state index in [4.69, 9.17) is 11.6 Å². The summed E-state index contributed by atoms with van der Waals surface area (Å²) in [6.07, 6.45) is 0. The summed E-state index contributed by atoms with van der Waals surface area (Å²) in [5.74, 6) is -0.163. The predicted octanol–water partition coefficient (Wildman–Crippen LogP) is 4.05. The highest BCUT2D eigenvalue weighted by molar-refractivity contribution is 7.85. The molecule has 0 saturated carbocycles. The molecule has 0 radical (unpaired) electrons. The summed E-state index contributed by atoms with van der Waals surface area (Å²) in [7, 11) is -4.24. The van der Waals surface area contributed by atoms with Gasteiger partial charge in [-0.1, -0.05) is 48.4 Å². The summed E-state index contributed by atoms with van der Waals surface area (Å²) in [6, 6.07) is 12.1. The third-order valence-electron chi connectivity index (χ3n) is 3.28. The first-order valence-corrected chi connectivity index (χ1v) is 7.94. The van der Waals surface area contributed by atoms with Crippen molar-refractivity contribution in [2.75, 3.05) is 0 Å². The Labute approximate surface area is 124 Å². The van der Waals surface area contributed by atoms with Crippen LogP contribution in [0.4, 0.5) is 0 Å². The Bertz CT molecular complexity index is 721. The molecule has 3 nitrogen and oxygen atoms in total. The highest BCUT2D eigenvalue weighted by atomic mass is 35.5. The van der Waals surface area contributed by atoms with E-state index in [1.807, 2.05) is 26.0 Å². The van der Waals surface area contributed by atoms with E-state index < -0.39 is 10.1 Å². The number of benzene rings is 2. The highest BCUT2D eigenvalue weighted by Gasteiger charge is 2.20. The molecule has 0 amide bonds. The van der Waals surface area contributed by atoms with Crippen molar-refractivity contribution in [2.24, 2.45) is 0 Å². The Hall–Kier alpha value is -1.36. The average Bonchev–Trinajstić information content (AvgIpc) is 2.37. The van der Waals surface area contributed by atoms with Crippen LogP contribution < -0.4 is 0 Å². The first kappa shape index (κ1) is 15.0. The van der Waals surface area contributed by atoms with Crippen LogP contribution in [0.15, 0.2) is 47.4 Å². The molecule has 0 fully saturated rings. The molecule has 2 aromatic carbocycles. The molecule has 0 heterocycles. The van der Waals surface area contributed by atoms with Crippen molar-refractivity contribution in [3.8, 4) is 0 Å². The number of hydrogen-bond donors (Lipinski definition) is 1. The Kier molecular flexibility index (Phi) is 4.18. The predicted molar refractivity (Wildman–Crippen MR) is 80.0 cm³/mol. The van der Waals surface area contributed by atoms with E-state index in [1.165, 1.54) is 6.07 Å². The molecule has 2 rings (SSSR count). The summed E-state index contributed by atoms with van der Waals surface area (Å²) < 4.78 is 32.3. The van der Waals surface area contributed by atoms with Crippen molar-refractivity contribution in [3.05, 3.63) is 64.2 Å². The summed E-state index contributed by atoms with van der Waals surface area (Å²) in [4.78, 5) is -0.0504. The third-order valence-corrected chi connectivity index (χ3v) is 4.46. The molecule has 5 heteroatoms. The van der Waals surface area contributed by atoms with Gasteiger partial charge < -0.3 is 0 Å². The van der Waals surface area contributed by atoms with Gasteiger partial charge in [-0.25, -0.2) is 0 Å². The third kappa shape index (κ3) is 3.20. The lowest BCUT2D eigenvalue weighted by atomic mass is 9.92. The quantitative estimate of drug-likeness (QED) is 0.870. The van der Waals surface area contributed by atoms with Gasteiger partial charge in [0.25, 0.3) is 10.1 Å².